The Labute approximate surface area is 343 Å². The maximum atomic E-state index is 6.72. The average molecular weight is 756 g/mol. The minimum absolute atomic E-state index is 0.488. The third kappa shape index (κ3) is 4.21. The number of anilines is 3. The van der Waals surface area contributed by atoms with Gasteiger partial charge in [0.15, 0.2) is 0 Å². The van der Waals surface area contributed by atoms with Crippen molar-refractivity contribution in [3.8, 4) is 39.5 Å². The van der Waals surface area contributed by atoms with E-state index in [9.17, 15) is 0 Å². The van der Waals surface area contributed by atoms with Gasteiger partial charge in [0, 0.05) is 33.8 Å². The van der Waals surface area contributed by atoms with Crippen LogP contribution in [-0.2, 0) is 10.8 Å². The molecule has 59 heavy (non-hydrogen) atoms. The van der Waals surface area contributed by atoms with E-state index >= 15 is 0 Å². The van der Waals surface area contributed by atoms with Gasteiger partial charge >= 0.3 is 0 Å². The molecular weight excluding hydrogens is 719 g/mol. The summed E-state index contributed by atoms with van der Waals surface area (Å²) in [5.74, 6) is 3.69. The van der Waals surface area contributed by atoms with E-state index in [2.05, 4.69) is 205 Å². The van der Waals surface area contributed by atoms with Crippen LogP contribution in [0.15, 0.2) is 212 Å². The van der Waals surface area contributed by atoms with E-state index in [4.69, 9.17) is 9.47 Å². The van der Waals surface area contributed by atoms with Gasteiger partial charge in [-0.3, -0.25) is 0 Å². The molecule has 0 bridgehead atoms. The minimum Gasteiger partial charge on any atom is -0.457 e. The molecule has 278 valence electrons. The van der Waals surface area contributed by atoms with Crippen LogP contribution in [0.25, 0.3) is 22.3 Å². The summed E-state index contributed by atoms with van der Waals surface area (Å²) in [7, 11) is 0. The van der Waals surface area contributed by atoms with Gasteiger partial charge in [0.25, 0.3) is 0 Å². The molecule has 0 amide bonds. The van der Waals surface area contributed by atoms with Gasteiger partial charge in [-0.1, -0.05) is 140 Å². The van der Waals surface area contributed by atoms with Gasteiger partial charge in [0.1, 0.15) is 23.0 Å². The summed E-state index contributed by atoms with van der Waals surface area (Å²) in [6.45, 7) is 0. The van der Waals surface area contributed by atoms with Crippen molar-refractivity contribution in [3.63, 3.8) is 0 Å². The van der Waals surface area contributed by atoms with Crippen molar-refractivity contribution in [2.45, 2.75) is 23.7 Å². The van der Waals surface area contributed by atoms with Crippen molar-refractivity contribution < 1.29 is 9.47 Å². The summed E-state index contributed by atoms with van der Waals surface area (Å²) in [5.41, 5.74) is 17.3. The number of hydrogen-bond donors (Lipinski definition) is 0. The molecule has 2 aliphatic heterocycles. The molecule has 1 unspecified atom stereocenters. The van der Waals surface area contributed by atoms with Crippen LogP contribution in [0.5, 0.6) is 17.2 Å². The topological polar surface area (TPSA) is 21.7 Å². The number of ether oxygens (including phenoxy) is 2. The maximum absolute atomic E-state index is 6.72. The molecule has 1 atom stereocenters. The zero-order chi connectivity index (χ0) is 38.7. The summed E-state index contributed by atoms with van der Waals surface area (Å²) in [5, 5.41) is 0. The third-order valence-electron chi connectivity index (χ3n) is 13.5. The van der Waals surface area contributed by atoms with Crippen LogP contribution in [0.4, 0.5) is 17.1 Å². The van der Waals surface area contributed by atoms with Crippen LogP contribution < -0.4 is 14.4 Å². The molecular formula is C56H37NO2. The fraction of sp³-hybridized carbons (Fsp3) is 0.0714. The van der Waals surface area contributed by atoms with Crippen molar-refractivity contribution in [2.24, 2.45) is 0 Å². The highest BCUT2D eigenvalue weighted by Gasteiger charge is 2.53. The van der Waals surface area contributed by atoms with Crippen LogP contribution in [0, 0.1) is 0 Å². The predicted octanol–water partition coefficient (Wildman–Crippen LogP) is 13.9. The molecule has 3 nitrogen and oxygen atoms in total. The summed E-state index contributed by atoms with van der Waals surface area (Å²) in [6, 6.07) is 68.9. The average Bonchev–Trinajstić information content (AvgIpc) is 3.75. The number of hydrogen-bond acceptors (Lipinski definition) is 3. The quantitative estimate of drug-likeness (QED) is 0.179. The SMILES string of the molecule is C1=CC2=C(CC1)C1(c3ccccc3O2)c2ccccc2-c2ccc(N(c3ccccc3)c3ccc4c(c3)C3(c5ccccc5Oc5ccccc53)c3ccccc3-4)cc21. The second kappa shape index (κ2) is 12.1. The van der Waals surface area contributed by atoms with E-state index in [1.807, 2.05) is 0 Å². The Morgan fingerprint density at radius 3 is 1.44 bits per heavy atom. The van der Waals surface area contributed by atoms with Gasteiger partial charge < -0.3 is 14.4 Å². The highest BCUT2D eigenvalue weighted by atomic mass is 16.5. The molecule has 0 saturated heterocycles. The van der Waals surface area contributed by atoms with Crippen molar-refractivity contribution in [3.05, 3.63) is 250 Å². The molecule has 0 fully saturated rings. The van der Waals surface area contributed by atoms with Gasteiger partial charge in [-0.2, -0.15) is 0 Å². The standard InChI is InChI=1S/C56H37NO2/c1-2-16-36(17-3-1)57(37-30-32-41-39-18-4-6-20-43(39)55(49(41)34-37)45-22-8-12-26-51(45)58-52-27-13-9-23-46(52)55)38-31-33-42-40-19-5-7-21-44(40)56(50(42)35-38)47-24-10-14-28-53(47)59-54-29-15-11-25-48(54)56/h1-10,12-24,26-35H,11,25H2. The zero-order valence-corrected chi connectivity index (χ0v) is 32.2. The zero-order valence-electron chi connectivity index (χ0n) is 32.2. The number of allylic oxidation sites excluding steroid dienone is 3. The van der Waals surface area contributed by atoms with Gasteiger partial charge in [-0.15, -0.1) is 0 Å². The Bertz CT molecular complexity index is 3090. The Hall–Kier alpha value is -7.36. The maximum Gasteiger partial charge on any atom is 0.132 e. The summed E-state index contributed by atoms with van der Waals surface area (Å²) >= 11 is 0. The van der Waals surface area contributed by atoms with Crippen LogP contribution in [0.1, 0.15) is 51.8 Å². The molecule has 13 rings (SSSR count). The fourth-order valence-electron chi connectivity index (χ4n) is 11.3. The molecule has 5 aliphatic rings. The van der Waals surface area contributed by atoms with E-state index in [1.165, 1.54) is 55.6 Å². The van der Waals surface area contributed by atoms with Crippen molar-refractivity contribution >= 4 is 17.1 Å². The molecule has 0 aromatic heterocycles. The molecule has 8 aromatic rings. The molecule has 8 aromatic carbocycles. The first kappa shape index (κ1) is 32.7. The number of nitrogens with zero attached hydrogens (tertiary/aromatic N) is 1. The second-order valence-corrected chi connectivity index (χ2v) is 16.2. The summed E-state index contributed by atoms with van der Waals surface area (Å²) in [6.07, 6.45) is 6.36. The molecule has 0 N–H and O–H groups in total. The molecule has 0 radical (unpaired) electrons. The van der Waals surface area contributed by atoms with Gasteiger partial charge in [-0.25, -0.2) is 0 Å². The van der Waals surface area contributed by atoms with Crippen LogP contribution in [-0.4, -0.2) is 0 Å². The first-order valence-electron chi connectivity index (χ1n) is 20.6. The first-order chi connectivity index (χ1) is 29.3. The molecule has 3 aliphatic carbocycles. The largest absolute Gasteiger partial charge is 0.457 e. The molecule has 2 heterocycles. The van der Waals surface area contributed by atoms with Crippen molar-refractivity contribution in [1.29, 1.82) is 0 Å². The van der Waals surface area contributed by atoms with E-state index in [1.54, 1.807) is 0 Å². The first-order valence-corrected chi connectivity index (χ1v) is 20.6. The van der Waals surface area contributed by atoms with Crippen molar-refractivity contribution in [2.75, 3.05) is 4.90 Å². The lowest BCUT2D eigenvalue weighted by atomic mass is 9.64. The predicted molar refractivity (Wildman–Crippen MR) is 236 cm³/mol. The number of para-hydroxylation sites is 4. The van der Waals surface area contributed by atoms with E-state index in [0.29, 0.717) is 0 Å². The van der Waals surface area contributed by atoms with E-state index in [0.717, 1.165) is 64.0 Å². The number of rotatable bonds is 3. The summed E-state index contributed by atoms with van der Waals surface area (Å²) in [4.78, 5) is 2.45. The van der Waals surface area contributed by atoms with Gasteiger partial charge in [0.2, 0.25) is 0 Å². The fourth-order valence-corrected chi connectivity index (χ4v) is 11.3. The minimum atomic E-state index is -0.567. The lowest BCUT2D eigenvalue weighted by molar-refractivity contribution is 0.389. The van der Waals surface area contributed by atoms with Crippen LogP contribution in [0.3, 0.4) is 0 Å². The third-order valence-corrected chi connectivity index (χ3v) is 13.5. The Balaban J connectivity index is 1.08. The van der Waals surface area contributed by atoms with Gasteiger partial charge in [-0.05, 0) is 124 Å². The highest BCUT2D eigenvalue weighted by Crippen LogP contribution is 2.64. The van der Waals surface area contributed by atoms with Crippen molar-refractivity contribution in [1.82, 2.24) is 0 Å². The monoisotopic (exact) mass is 755 g/mol. The van der Waals surface area contributed by atoms with Crippen LogP contribution in [0.2, 0.25) is 0 Å². The van der Waals surface area contributed by atoms with E-state index < -0.39 is 10.8 Å². The molecule has 3 heteroatoms. The number of benzene rings is 8. The van der Waals surface area contributed by atoms with E-state index in [-0.39, 0.29) is 0 Å². The summed E-state index contributed by atoms with van der Waals surface area (Å²) < 4.78 is 13.4. The smallest absolute Gasteiger partial charge is 0.132 e. The number of fused-ring (bicyclic) bond motifs is 17. The highest BCUT2D eigenvalue weighted by molar-refractivity contribution is 5.93. The Morgan fingerprint density at radius 1 is 0.373 bits per heavy atom. The lowest BCUT2D eigenvalue weighted by Gasteiger charge is -2.42. The molecule has 0 saturated carbocycles. The Kier molecular flexibility index (Phi) is 6.69. The molecule has 2 spiro atoms. The lowest BCUT2D eigenvalue weighted by Crippen LogP contribution is -2.35. The van der Waals surface area contributed by atoms with Crippen LogP contribution >= 0.6 is 0 Å². The Morgan fingerprint density at radius 2 is 0.831 bits per heavy atom. The van der Waals surface area contributed by atoms with Gasteiger partial charge in [0.05, 0.1) is 10.8 Å². The second-order valence-electron chi connectivity index (χ2n) is 16.2. The normalized spacial score (nSPS) is 17.7.